The van der Waals surface area contributed by atoms with Gasteiger partial charge < -0.3 is 39.5 Å². The zero-order valence-electron chi connectivity index (χ0n) is 32.9. The van der Waals surface area contributed by atoms with Gasteiger partial charge in [0.25, 0.3) is 0 Å². The molecule has 0 fully saturated rings. The van der Waals surface area contributed by atoms with Gasteiger partial charge in [-0.05, 0) is 38.0 Å². The lowest BCUT2D eigenvalue weighted by molar-refractivity contribution is -0.161. The van der Waals surface area contributed by atoms with Gasteiger partial charge in [-0.15, -0.1) is 0 Å². The van der Waals surface area contributed by atoms with Gasteiger partial charge in [-0.2, -0.15) is 0 Å². The van der Waals surface area contributed by atoms with E-state index in [0.717, 1.165) is 51.4 Å². The molecule has 0 aliphatic heterocycles. The maximum Gasteiger partial charge on any atom is 0.472 e. The average Bonchev–Trinajstić information content (AvgIpc) is 3.11. The Kier molecular flexibility index (Phi) is 31.8. The van der Waals surface area contributed by atoms with Gasteiger partial charge in [-0.25, -0.2) is 9.13 Å². The van der Waals surface area contributed by atoms with E-state index in [1.807, 2.05) is 24.3 Å². The monoisotopic (exact) mass is 826 g/mol. The molecule has 320 valence electrons. The Bertz CT molecular complexity index is 1210. The van der Waals surface area contributed by atoms with Crippen LogP contribution in [0.3, 0.4) is 0 Å². The van der Waals surface area contributed by atoms with Crippen LogP contribution < -0.4 is 0 Å². The van der Waals surface area contributed by atoms with Gasteiger partial charge in [0.1, 0.15) is 12.7 Å². The lowest BCUT2D eigenvalue weighted by atomic mass is 10.0. The predicted octanol–water partition coefficient (Wildman–Crippen LogP) is 6.91. The molecule has 5 atom stereocenters. The molecule has 0 rings (SSSR count). The van der Waals surface area contributed by atoms with Crippen LogP contribution in [0.2, 0.25) is 0 Å². The number of unbranched alkanes of at least 4 members (excludes halogenated alkanes) is 7. The molecule has 0 amide bonds. The molecule has 17 heteroatoms. The summed E-state index contributed by atoms with van der Waals surface area (Å²) in [7, 11) is -9.74. The van der Waals surface area contributed by atoms with E-state index in [1.165, 1.54) is 12.8 Å². The van der Waals surface area contributed by atoms with Crippen LogP contribution in [0, 0.1) is 5.92 Å². The van der Waals surface area contributed by atoms with E-state index in [0.29, 0.717) is 25.2 Å². The molecule has 6 N–H and O–H groups in total. The Balaban J connectivity index is 4.78. The van der Waals surface area contributed by atoms with Crippen LogP contribution in [0.1, 0.15) is 124 Å². The summed E-state index contributed by atoms with van der Waals surface area (Å²) in [5.74, 6) is -0.601. The first-order chi connectivity index (χ1) is 26.0. The quantitative estimate of drug-likeness (QED) is 0.0165. The SMILES string of the molecule is CCCCC[C@H](O)/C=C/C=C\C/C=C\C=C\[C@H](O)CCCC(=O)OC[C@H](COP(=O)(O)OC[C@@H](O)COP(=O)(O)O)OC(=O)CCCCCCCCC(C)C. The van der Waals surface area contributed by atoms with E-state index in [2.05, 4.69) is 29.8 Å². The highest BCUT2D eigenvalue weighted by atomic mass is 31.2. The van der Waals surface area contributed by atoms with Gasteiger partial charge in [0.2, 0.25) is 0 Å². The Morgan fingerprint density at radius 3 is 1.75 bits per heavy atom. The van der Waals surface area contributed by atoms with E-state index < -0.39 is 78.4 Å². The van der Waals surface area contributed by atoms with Crippen molar-refractivity contribution >= 4 is 27.6 Å². The number of hydrogen-bond donors (Lipinski definition) is 6. The normalized spacial score (nSPS) is 16.0. The summed E-state index contributed by atoms with van der Waals surface area (Å²) in [6.07, 6.45) is 22.4. The highest BCUT2D eigenvalue weighted by Crippen LogP contribution is 2.43. The number of esters is 2. The third-order valence-corrected chi connectivity index (χ3v) is 9.28. The van der Waals surface area contributed by atoms with Crippen molar-refractivity contribution in [1.82, 2.24) is 0 Å². The molecule has 0 heterocycles. The van der Waals surface area contributed by atoms with Crippen LogP contribution in [-0.2, 0) is 41.8 Å². The van der Waals surface area contributed by atoms with Crippen molar-refractivity contribution in [2.45, 2.75) is 148 Å². The van der Waals surface area contributed by atoms with Gasteiger partial charge in [-0.1, -0.05) is 127 Å². The Labute approximate surface area is 327 Å². The highest BCUT2D eigenvalue weighted by molar-refractivity contribution is 7.47. The fraction of sp³-hybridized carbons (Fsp3) is 0.737. The minimum Gasteiger partial charge on any atom is -0.462 e. The molecule has 0 aliphatic rings. The van der Waals surface area contributed by atoms with Crippen LogP contribution in [0.15, 0.2) is 48.6 Å². The summed E-state index contributed by atoms with van der Waals surface area (Å²) in [6.45, 7) is 3.55. The predicted molar refractivity (Wildman–Crippen MR) is 210 cm³/mol. The smallest absolute Gasteiger partial charge is 0.462 e. The van der Waals surface area contributed by atoms with Gasteiger partial charge in [0.05, 0.1) is 32.0 Å². The van der Waals surface area contributed by atoms with Crippen LogP contribution >= 0.6 is 15.6 Å². The Morgan fingerprint density at radius 2 is 1.15 bits per heavy atom. The summed E-state index contributed by atoms with van der Waals surface area (Å²) in [5.41, 5.74) is 0. The molecule has 0 spiro atoms. The Morgan fingerprint density at radius 1 is 0.618 bits per heavy atom. The second-order valence-corrected chi connectivity index (χ2v) is 16.4. The van der Waals surface area contributed by atoms with Crippen LogP contribution in [0.5, 0.6) is 0 Å². The Hall–Kier alpha value is -2.00. The summed E-state index contributed by atoms with van der Waals surface area (Å²) >= 11 is 0. The molecule has 0 bridgehead atoms. The number of aliphatic hydroxyl groups excluding tert-OH is 3. The summed E-state index contributed by atoms with van der Waals surface area (Å²) in [5, 5.41) is 29.8. The molecule has 0 aromatic rings. The fourth-order valence-corrected chi connectivity index (χ4v) is 5.96. The average molecular weight is 827 g/mol. The summed E-state index contributed by atoms with van der Waals surface area (Å²) in [4.78, 5) is 52.4. The van der Waals surface area contributed by atoms with Crippen molar-refractivity contribution in [2.75, 3.05) is 26.4 Å². The second-order valence-electron chi connectivity index (χ2n) is 13.7. The van der Waals surface area contributed by atoms with Gasteiger partial charge in [0, 0.05) is 12.8 Å². The van der Waals surface area contributed by atoms with Crippen molar-refractivity contribution in [2.24, 2.45) is 5.92 Å². The lowest BCUT2D eigenvalue weighted by Gasteiger charge is -2.20. The van der Waals surface area contributed by atoms with Crippen LogP contribution in [0.4, 0.5) is 0 Å². The highest BCUT2D eigenvalue weighted by Gasteiger charge is 2.28. The van der Waals surface area contributed by atoms with Gasteiger partial charge in [0.15, 0.2) is 6.10 Å². The van der Waals surface area contributed by atoms with E-state index in [4.69, 9.17) is 23.8 Å². The maximum atomic E-state index is 12.5. The number of carbonyl (C=O) groups is 2. The number of hydrogen-bond acceptors (Lipinski definition) is 12. The number of phosphoric acid groups is 2. The number of aliphatic hydroxyl groups is 3. The first-order valence-electron chi connectivity index (χ1n) is 19.4. The number of allylic oxidation sites excluding steroid dienone is 6. The van der Waals surface area contributed by atoms with E-state index in [-0.39, 0.29) is 19.3 Å². The summed E-state index contributed by atoms with van der Waals surface area (Å²) < 4.78 is 47.3. The molecule has 15 nitrogen and oxygen atoms in total. The third kappa shape index (κ3) is 37.3. The molecular formula is C38H68O15P2. The van der Waals surface area contributed by atoms with Crippen molar-refractivity contribution < 1.29 is 71.8 Å². The number of ether oxygens (including phenoxy) is 2. The minimum atomic E-state index is -4.88. The lowest BCUT2D eigenvalue weighted by Crippen LogP contribution is -2.30. The topological polar surface area (TPSA) is 236 Å². The molecule has 0 saturated carbocycles. The zero-order valence-corrected chi connectivity index (χ0v) is 34.7. The van der Waals surface area contributed by atoms with Crippen molar-refractivity contribution in [3.05, 3.63) is 48.6 Å². The first-order valence-corrected chi connectivity index (χ1v) is 22.4. The molecule has 0 radical (unpaired) electrons. The molecule has 0 saturated heterocycles. The third-order valence-electron chi connectivity index (χ3n) is 7.85. The molecular weight excluding hydrogens is 758 g/mol. The van der Waals surface area contributed by atoms with Gasteiger partial charge >= 0.3 is 27.6 Å². The van der Waals surface area contributed by atoms with Gasteiger partial charge in [-0.3, -0.25) is 23.2 Å². The van der Waals surface area contributed by atoms with E-state index in [9.17, 15) is 38.9 Å². The zero-order chi connectivity index (χ0) is 41.4. The molecule has 55 heavy (non-hydrogen) atoms. The fourth-order valence-electron chi connectivity index (χ4n) is 4.80. The first kappa shape index (κ1) is 53.0. The molecule has 0 aromatic carbocycles. The minimum absolute atomic E-state index is 0.0543. The maximum absolute atomic E-state index is 12.5. The number of carbonyl (C=O) groups excluding carboxylic acids is 2. The van der Waals surface area contributed by atoms with Crippen molar-refractivity contribution in [3.8, 4) is 0 Å². The van der Waals surface area contributed by atoms with E-state index >= 15 is 0 Å². The molecule has 1 unspecified atom stereocenters. The summed E-state index contributed by atoms with van der Waals surface area (Å²) in [6, 6.07) is 0. The van der Waals surface area contributed by atoms with E-state index in [1.54, 1.807) is 24.3 Å². The van der Waals surface area contributed by atoms with Crippen molar-refractivity contribution in [1.29, 1.82) is 0 Å². The number of rotatable bonds is 35. The molecule has 0 aliphatic carbocycles. The van der Waals surface area contributed by atoms with Crippen LogP contribution in [-0.4, -0.2) is 92.8 Å². The molecule has 0 aromatic heterocycles. The van der Waals surface area contributed by atoms with Crippen LogP contribution in [0.25, 0.3) is 0 Å². The largest absolute Gasteiger partial charge is 0.472 e. The van der Waals surface area contributed by atoms with Crippen molar-refractivity contribution in [3.63, 3.8) is 0 Å². The standard InChI is InChI=1S/C38H68O15P2/c1-4-5-15-22-33(39)23-17-12-7-6-8-13-18-24-34(40)25-20-27-37(42)49-30-36(53-38(43)26-19-14-10-9-11-16-21-32(2)3)31-52-55(47,48)51-29-35(41)28-50-54(44,45)46/h7-8,12-13,17-18,23-24,32-36,39-41H,4-6,9-11,14-16,19-22,25-31H2,1-3H3,(H,47,48)(H2,44,45,46)/b12-7-,13-8-,23-17+,24-18+/t33-,34-,35-,36+/m0/s1. The second kappa shape index (κ2) is 33.0. The number of phosphoric ester groups is 2.